The largest absolute Gasteiger partial charge is 0.497 e. The first-order valence-corrected chi connectivity index (χ1v) is 8.62. The molecule has 1 saturated carbocycles. The molecular weight excluding hydrogens is 322 g/mol. The van der Waals surface area contributed by atoms with Crippen LogP contribution < -0.4 is 25.8 Å². The number of ether oxygens (including phenoxy) is 2. The first-order valence-electron chi connectivity index (χ1n) is 8.62. The molecule has 0 aromatic heterocycles. The average molecular weight is 349 g/mol. The Labute approximate surface area is 148 Å². The smallest absolute Gasteiger partial charge is 0.255 e. The zero-order valence-corrected chi connectivity index (χ0v) is 14.9. The second-order valence-electron chi connectivity index (χ2n) is 6.18. The molecule has 0 heterocycles. The van der Waals surface area contributed by atoms with Gasteiger partial charge in [-0.25, -0.2) is 0 Å². The molecule has 0 radical (unpaired) electrons. The number of nitrogens with one attached hydrogen (secondary N) is 2. The van der Waals surface area contributed by atoms with E-state index < -0.39 is 5.54 Å². The first kappa shape index (κ1) is 19.1. The van der Waals surface area contributed by atoms with Crippen LogP contribution in [0.2, 0.25) is 0 Å². The van der Waals surface area contributed by atoms with Crippen molar-refractivity contribution in [2.75, 3.05) is 27.3 Å². The third kappa shape index (κ3) is 4.42. The minimum absolute atomic E-state index is 0.154. The van der Waals surface area contributed by atoms with Crippen molar-refractivity contribution in [3.8, 4) is 11.5 Å². The summed E-state index contributed by atoms with van der Waals surface area (Å²) >= 11 is 0. The molecule has 7 heteroatoms. The minimum Gasteiger partial charge on any atom is -0.497 e. The summed E-state index contributed by atoms with van der Waals surface area (Å²) < 4.78 is 10.8. The summed E-state index contributed by atoms with van der Waals surface area (Å²) in [6.45, 7) is 0.620. The molecule has 0 saturated heterocycles. The van der Waals surface area contributed by atoms with Gasteiger partial charge in [-0.3, -0.25) is 9.59 Å². The lowest BCUT2D eigenvalue weighted by Crippen LogP contribution is -2.59. The minimum atomic E-state index is -0.866. The van der Waals surface area contributed by atoms with Gasteiger partial charge in [-0.2, -0.15) is 0 Å². The molecule has 2 amide bonds. The molecule has 0 unspecified atom stereocenters. The number of hydrogen-bond donors (Lipinski definition) is 3. The van der Waals surface area contributed by atoms with Crippen molar-refractivity contribution >= 4 is 11.8 Å². The van der Waals surface area contributed by atoms with Crippen molar-refractivity contribution in [1.82, 2.24) is 10.6 Å². The van der Waals surface area contributed by atoms with Crippen molar-refractivity contribution in [3.05, 3.63) is 23.8 Å². The van der Waals surface area contributed by atoms with Crippen LogP contribution in [0, 0.1) is 0 Å². The van der Waals surface area contributed by atoms with E-state index in [-0.39, 0.29) is 18.4 Å². The molecule has 1 aliphatic rings. The lowest BCUT2D eigenvalue weighted by molar-refractivity contribution is -0.128. The van der Waals surface area contributed by atoms with Crippen LogP contribution in [0.3, 0.4) is 0 Å². The molecule has 1 fully saturated rings. The van der Waals surface area contributed by atoms with E-state index in [4.69, 9.17) is 15.2 Å². The molecule has 7 nitrogen and oxygen atoms in total. The fourth-order valence-corrected chi connectivity index (χ4v) is 3.19. The maximum atomic E-state index is 12.9. The maximum Gasteiger partial charge on any atom is 0.255 e. The molecule has 1 aromatic rings. The molecule has 0 aliphatic heterocycles. The molecule has 138 valence electrons. The van der Waals surface area contributed by atoms with Crippen LogP contribution in [0.25, 0.3) is 0 Å². The third-order valence-corrected chi connectivity index (χ3v) is 4.53. The van der Waals surface area contributed by atoms with Gasteiger partial charge in [0.15, 0.2) is 0 Å². The van der Waals surface area contributed by atoms with E-state index >= 15 is 0 Å². The van der Waals surface area contributed by atoms with Gasteiger partial charge in [0, 0.05) is 19.7 Å². The van der Waals surface area contributed by atoms with Crippen molar-refractivity contribution in [2.24, 2.45) is 5.73 Å². The fourth-order valence-electron chi connectivity index (χ4n) is 3.19. The number of rotatable bonds is 7. The van der Waals surface area contributed by atoms with Gasteiger partial charge < -0.3 is 25.8 Å². The number of nitrogens with two attached hydrogens (primary N) is 1. The summed E-state index contributed by atoms with van der Waals surface area (Å²) in [6.07, 6.45) is 4.16. The summed E-state index contributed by atoms with van der Waals surface area (Å²) in [6, 6.07) is 4.98. The zero-order chi connectivity index (χ0) is 18.3. The van der Waals surface area contributed by atoms with E-state index in [0.29, 0.717) is 36.4 Å². The van der Waals surface area contributed by atoms with Gasteiger partial charge in [-0.1, -0.05) is 19.3 Å². The SMILES string of the molecule is CNC(=O)C1(NC(=O)c2ccc(OC)cc2OCCN)CCCCC1. The van der Waals surface area contributed by atoms with Crippen LogP contribution in [-0.2, 0) is 4.79 Å². The highest BCUT2D eigenvalue weighted by molar-refractivity contribution is 6.01. The van der Waals surface area contributed by atoms with Crippen LogP contribution in [0.15, 0.2) is 18.2 Å². The molecule has 1 aromatic carbocycles. The van der Waals surface area contributed by atoms with Crippen LogP contribution in [0.5, 0.6) is 11.5 Å². The molecule has 0 atom stereocenters. The zero-order valence-electron chi connectivity index (χ0n) is 14.9. The van der Waals surface area contributed by atoms with Crippen molar-refractivity contribution < 1.29 is 19.1 Å². The van der Waals surface area contributed by atoms with Crippen molar-refractivity contribution in [1.29, 1.82) is 0 Å². The average Bonchev–Trinajstić information content (AvgIpc) is 2.65. The predicted molar refractivity (Wildman–Crippen MR) is 94.9 cm³/mol. The topological polar surface area (TPSA) is 103 Å². The van der Waals surface area contributed by atoms with Crippen LogP contribution >= 0.6 is 0 Å². The van der Waals surface area contributed by atoms with E-state index in [9.17, 15) is 9.59 Å². The predicted octanol–water partition coefficient (Wildman–Crippen LogP) is 1.21. The van der Waals surface area contributed by atoms with E-state index in [1.807, 2.05) is 0 Å². The monoisotopic (exact) mass is 349 g/mol. The Morgan fingerprint density at radius 3 is 2.56 bits per heavy atom. The number of likely N-dealkylation sites (N-methyl/N-ethyl adjacent to an activating group) is 1. The highest BCUT2D eigenvalue weighted by Gasteiger charge is 2.40. The number of hydrogen-bond acceptors (Lipinski definition) is 5. The number of benzene rings is 1. The van der Waals surface area contributed by atoms with E-state index in [2.05, 4.69) is 10.6 Å². The molecule has 1 aliphatic carbocycles. The van der Waals surface area contributed by atoms with Gasteiger partial charge in [0.25, 0.3) is 5.91 Å². The van der Waals surface area contributed by atoms with Crippen molar-refractivity contribution in [3.63, 3.8) is 0 Å². The summed E-state index contributed by atoms with van der Waals surface area (Å²) in [4.78, 5) is 25.3. The Hall–Kier alpha value is -2.28. The molecule has 0 bridgehead atoms. The van der Waals surface area contributed by atoms with Gasteiger partial charge in [-0.15, -0.1) is 0 Å². The standard InChI is InChI=1S/C18H27N3O4/c1-20-17(23)18(8-4-3-5-9-18)21-16(22)14-7-6-13(24-2)12-15(14)25-11-10-19/h6-7,12H,3-5,8-11,19H2,1-2H3,(H,20,23)(H,21,22). The summed E-state index contributed by atoms with van der Waals surface area (Å²) in [5.41, 5.74) is 4.99. The molecule has 4 N–H and O–H groups in total. The molecule has 25 heavy (non-hydrogen) atoms. The Morgan fingerprint density at radius 1 is 1.24 bits per heavy atom. The Kier molecular flexibility index (Phi) is 6.64. The van der Waals surface area contributed by atoms with Crippen molar-refractivity contribution in [2.45, 2.75) is 37.6 Å². The summed E-state index contributed by atoms with van der Waals surface area (Å²) in [7, 11) is 3.14. The second kappa shape index (κ2) is 8.71. The number of carbonyl (C=O) groups is 2. The maximum absolute atomic E-state index is 12.9. The quantitative estimate of drug-likeness (QED) is 0.687. The Balaban J connectivity index is 2.27. The molecule has 0 spiro atoms. The summed E-state index contributed by atoms with van der Waals surface area (Å²) in [5.74, 6) is 0.492. The first-order chi connectivity index (χ1) is 12.1. The number of amides is 2. The van der Waals surface area contributed by atoms with Gasteiger partial charge >= 0.3 is 0 Å². The number of carbonyl (C=O) groups excluding carboxylic acids is 2. The summed E-state index contributed by atoms with van der Waals surface area (Å²) in [5, 5.41) is 5.63. The second-order valence-corrected chi connectivity index (χ2v) is 6.18. The van der Waals surface area contributed by atoms with Crippen LogP contribution in [0.4, 0.5) is 0 Å². The van der Waals surface area contributed by atoms with Gasteiger partial charge in [0.1, 0.15) is 23.6 Å². The Bertz CT molecular complexity index is 612. The lowest BCUT2D eigenvalue weighted by Gasteiger charge is -2.36. The van der Waals surface area contributed by atoms with E-state index in [1.54, 1.807) is 32.4 Å². The molecular formula is C18H27N3O4. The van der Waals surface area contributed by atoms with Crippen LogP contribution in [0.1, 0.15) is 42.5 Å². The van der Waals surface area contributed by atoms with Gasteiger partial charge in [-0.05, 0) is 25.0 Å². The highest BCUT2D eigenvalue weighted by Crippen LogP contribution is 2.30. The number of methoxy groups -OCH3 is 1. The fraction of sp³-hybridized carbons (Fsp3) is 0.556. The normalized spacial score (nSPS) is 16.0. The molecule has 2 rings (SSSR count). The third-order valence-electron chi connectivity index (χ3n) is 4.53. The van der Waals surface area contributed by atoms with Gasteiger partial charge in [0.2, 0.25) is 5.91 Å². The Morgan fingerprint density at radius 2 is 1.96 bits per heavy atom. The highest BCUT2D eigenvalue weighted by atomic mass is 16.5. The lowest BCUT2D eigenvalue weighted by atomic mass is 9.80. The van der Waals surface area contributed by atoms with E-state index in [0.717, 1.165) is 19.3 Å². The van der Waals surface area contributed by atoms with E-state index in [1.165, 1.54) is 0 Å². The van der Waals surface area contributed by atoms with Crippen LogP contribution in [-0.4, -0.2) is 44.7 Å². The van der Waals surface area contributed by atoms with Gasteiger partial charge in [0.05, 0.1) is 12.7 Å².